The number of hydrogen-bond donors (Lipinski definition) is 6. The molecule has 2 saturated carbocycles. The van der Waals surface area contributed by atoms with Crippen LogP contribution in [0, 0.1) is 105 Å². The molecule has 3 fully saturated rings. The van der Waals surface area contributed by atoms with E-state index in [9.17, 15) is 44.7 Å². The minimum Gasteiger partial charge on any atom is -0.459 e. The summed E-state index contributed by atoms with van der Waals surface area (Å²) in [6.07, 6.45) is -9.72. The van der Waals surface area contributed by atoms with Crippen LogP contribution in [0.3, 0.4) is 0 Å². The summed E-state index contributed by atoms with van der Waals surface area (Å²) in [5.41, 5.74) is -7.21. The number of carbonyl (C=O) groups excluding carboxylic acids is 4. The number of esters is 2. The Morgan fingerprint density at radius 3 is 2.26 bits per heavy atom. The Hall–Kier alpha value is 0.163. The number of aliphatic hydroxyl groups is 5. The summed E-state index contributed by atoms with van der Waals surface area (Å²) in [7, 11) is 0. The van der Waals surface area contributed by atoms with E-state index in [0.717, 1.165) is 6.92 Å². The van der Waals surface area contributed by atoms with Crippen molar-refractivity contribution in [2.24, 2.45) is 16.7 Å². The van der Waals surface area contributed by atoms with Crippen LogP contribution >= 0.6 is 11.3 Å². The zero-order chi connectivity index (χ0) is 33.4. The van der Waals surface area contributed by atoms with Crippen molar-refractivity contribution >= 4 is 35.0 Å². The van der Waals surface area contributed by atoms with E-state index in [1.807, 2.05) is 0 Å². The van der Waals surface area contributed by atoms with Crippen molar-refractivity contribution in [2.75, 3.05) is 6.61 Å². The molecular formula is C31H41Ac2NO12S. The second kappa shape index (κ2) is 14.7. The molecule has 254 valence electrons. The third kappa shape index (κ3) is 6.56. The molecule has 6 N–H and O–H groups in total. The molecule has 2 radical (unpaired) electrons. The first-order valence-electron chi connectivity index (χ1n) is 14.9. The number of hydrogen-bond acceptors (Lipinski definition) is 13. The second-order valence-corrected chi connectivity index (χ2v) is 14.5. The van der Waals surface area contributed by atoms with Gasteiger partial charge < -0.3 is 45.1 Å². The van der Waals surface area contributed by atoms with Crippen molar-refractivity contribution in [3.8, 4) is 0 Å². The van der Waals surface area contributed by atoms with Gasteiger partial charge in [-0.05, 0) is 36.4 Å². The Bertz CT molecular complexity index is 1440. The summed E-state index contributed by atoms with van der Waals surface area (Å²) < 4.78 is 17.1. The van der Waals surface area contributed by atoms with Crippen molar-refractivity contribution in [1.29, 1.82) is 0 Å². The van der Waals surface area contributed by atoms with Crippen LogP contribution in [0.25, 0.3) is 0 Å². The Balaban J connectivity index is 0.00000300. The zero-order valence-corrected chi connectivity index (χ0v) is 37.4. The van der Waals surface area contributed by atoms with Gasteiger partial charge in [-0.2, -0.15) is 0 Å². The molecule has 0 aromatic carbocycles. The Kier molecular flexibility index (Phi) is 13.0. The van der Waals surface area contributed by atoms with E-state index in [-0.39, 0.29) is 112 Å². The normalized spacial score (nSPS) is 38.3. The van der Waals surface area contributed by atoms with Gasteiger partial charge in [-0.25, -0.2) is 4.79 Å². The number of aliphatic hydroxyl groups excluding tert-OH is 3. The predicted octanol–water partition coefficient (Wildman–Crippen LogP) is 0.0678. The molecule has 1 aromatic heterocycles. The number of nitrogens with one attached hydrogen (secondary N) is 1. The van der Waals surface area contributed by atoms with Gasteiger partial charge in [0.25, 0.3) is 0 Å². The Labute approximate surface area is 348 Å². The quantitative estimate of drug-likeness (QED) is 0.165. The molecule has 11 atom stereocenters. The molecule has 5 rings (SSSR count). The number of thiophene rings is 1. The van der Waals surface area contributed by atoms with Crippen molar-refractivity contribution in [3.63, 3.8) is 0 Å². The third-order valence-corrected chi connectivity index (χ3v) is 11.6. The fourth-order valence-electron chi connectivity index (χ4n) is 8.14. The van der Waals surface area contributed by atoms with E-state index in [0.29, 0.717) is 4.88 Å². The molecule has 3 aliphatic carbocycles. The first-order valence-corrected chi connectivity index (χ1v) is 15.7. The fraction of sp³-hybridized carbons (Fsp3) is 0.677. The predicted molar refractivity (Wildman–Crippen MR) is 156 cm³/mol. The van der Waals surface area contributed by atoms with Crippen LogP contribution in [0.4, 0.5) is 0 Å². The van der Waals surface area contributed by atoms with Gasteiger partial charge in [-0.1, -0.05) is 19.9 Å². The van der Waals surface area contributed by atoms with Gasteiger partial charge in [-0.3, -0.25) is 14.4 Å². The summed E-state index contributed by atoms with van der Waals surface area (Å²) >= 11 is 1.20. The maximum absolute atomic E-state index is 14.3. The molecule has 1 aromatic rings. The van der Waals surface area contributed by atoms with Crippen LogP contribution in [0.2, 0.25) is 0 Å². The standard InChI is InChI=1S/C31H41NO12S.2Ac/c1-13-16(44-27(39)23(37)21(32-14(2)33)17-8-7-9-45-17)11-31(41)26(43-15(3)34)24-29(6,18(35)10-19-30(24,40)12-42-19)25(38)22(36)20(13)28(31,4)5;;/h7-9,16,18-19,21-24,26,35-37,40-41H,10-12H2,1-6H3,(H,32,33);;/t16?,18-,19+,21-,22+,23+,24-,26-,29+,30-,31+;;/m0../s1. The zero-order valence-electron chi connectivity index (χ0n) is 27.1. The molecule has 16 heteroatoms. The number of ketones is 1. The minimum absolute atomic E-state index is 0. The number of ether oxygens (including phenoxy) is 3. The molecule has 1 unspecified atom stereocenters. The maximum Gasteiger partial charge on any atom is 0.338 e. The summed E-state index contributed by atoms with van der Waals surface area (Å²) in [4.78, 5) is 52.8. The van der Waals surface area contributed by atoms with Crippen LogP contribution in [0.5, 0.6) is 0 Å². The SMILES string of the molecule is CC(=O)N[C@@H](c1cccs1)[C@@H](O)C(=O)OC1C[C@@]2(O)[C@@H](OC(C)=O)[C@@H]3[C@]4(O)CO[C@@H]4C[C@H](O)[C@@]3(C)C(=O)[C@H](O)C(=C1C)C2(C)C.[Ac].[Ac]. The summed E-state index contributed by atoms with van der Waals surface area (Å²) in [5, 5.41) is 63.1. The van der Waals surface area contributed by atoms with E-state index in [2.05, 4.69) is 5.32 Å². The van der Waals surface area contributed by atoms with Crippen molar-refractivity contribution in [3.05, 3.63) is 33.5 Å². The number of rotatable bonds is 6. The summed E-state index contributed by atoms with van der Waals surface area (Å²) in [6, 6.07) is 2.16. The van der Waals surface area contributed by atoms with E-state index in [4.69, 9.17) is 14.2 Å². The molecule has 47 heavy (non-hydrogen) atoms. The van der Waals surface area contributed by atoms with Crippen LogP contribution in [-0.4, -0.2) is 104 Å². The average Bonchev–Trinajstić information content (AvgIpc) is 3.48. The number of amides is 1. The maximum atomic E-state index is 14.3. The van der Waals surface area contributed by atoms with Crippen molar-refractivity contribution in [2.45, 2.75) is 108 Å². The van der Waals surface area contributed by atoms with Gasteiger partial charge in [0, 0.05) is 131 Å². The largest absolute Gasteiger partial charge is 0.459 e. The number of carbonyl (C=O) groups is 4. The molecule has 1 amide bonds. The van der Waals surface area contributed by atoms with Crippen molar-refractivity contribution < 1.29 is 147 Å². The topological polar surface area (TPSA) is 209 Å². The van der Waals surface area contributed by atoms with Crippen LogP contribution < -0.4 is 5.32 Å². The number of Topliss-reactive ketones (excluding diaryl/α,β-unsaturated/α-hetero) is 1. The fourth-order valence-corrected chi connectivity index (χ4v) is 8.94. The monoisotopic (exact) mass is 1110 g/mol. The van der Waals surface area contributed by atoms with Gasteiger partial charge in [0.1, 0.15) is 35.6 Å². The molecule has 2 heterocycles. The van der Waals surface area contributed by atoms with Gasteiger partial charge in [0.05, 0.1) is 24.2 Å². The second-order valence-electron chi connectivity index (χ2n) is 13.5. The minimum atomic E-state index is -2.20. The van der Waals surface area contributed by atoms with E-state index < -0.39 is 101 Å². The van der Waals surface area contributed by atoms with Crippen LogP contribution in [0.1, 0.15) is 65.3 Å². The first-order chi connectivity index (χ1) is 20.8. The Morgan fingerprint density at radius 1 is 1.11 bits per heavy atom. The van der Waals surface area contributed by atoms with E-state index in [1.54, 1.807) is 31.4 Å². The van der Waals surface area contributed by atoms with Crippen LogP contribution in [0.15, 0.2) is 28.7 Å². The molecule has 13 nitrogen and oxygen atoms in total. The molecule has 4 aliphatic rings. The Morgan fingerprint density at radius 2 is 1.74 bits per heavy atom. The summed E-state index contributed by atoms with van der Waals surface area (Å²) in [6.45, 7) is 8.06. The molecule has 1 saturated heterocycles. The summed E-state index contributed by atoms with van der Waals surface area (Å²) in [5.74, 6) is -4.80. The average molecular weight is 1110 g/mol. The van der Waals surface area contributed by atoms with Gasteiger partial charge in [-0.15, -0.1) is 11.3 Å². The van der Waals surface area contributed by atoms with Gasteiger partial charge in [0.15, 0.2) is 11.9 Å². The first kappa shape index (κ1) is 41.6. The molecule has 2 bridgehead atoms. The molecule has 0 spiro atoms. The van der Waals surface area contributed by atoms with Gasteiger partial charge in [0.2, 0.25) is 5.91 Å². The van der Waals surface area contributed by atoms with Crippen LogP contribution in [-0.2, 0) is 33.4 Å². The molecule has 1 aliphatic heterocycles. The smallest absolute Gasteiger partial charge is 0.338 e. The van der Waals surface area contributed by atoms with Crippen molar-refractivity contribution in [1.82, 2.24) is 5.32 Å². The van der Waals surface area contributed by atoms with E-state index in [1.165, 1.54) is 32.1 Å². The van der Waals surface area contributed by atoms with Gasteiger partial charge >= 0.3 is 11.9 Å². The van der Waals surface area contributed by atoms with E-state index >= 15 is 0 Å². The number of fused-ring (bicyclic) bond motifs is 5. The molecular weight excluding hydrogens is 1060 g/mol. The third-order valence-electron chi connectivity index (χ3n) is 10.7.